The van der Waals surface area contributed by atoms with Gasteiger partial charge in [-0.3, -0.25) is 4.79 Å². The molecule has 0 bridgehead atoms. The summed E-state index contributed by atoms with van der Waals surface area (Å²) < 4.78 is 4.89. The number of aliphatic imine (C=N–C) groups is 1. The van der Waals surface area contributed by atoms with E-state index in [0.717, 1.165) is 0 Å². The Kier molecular flexibility index (Phi) is 2.08. The lowest BCUT2D eigenvalue weighted by atomic mass is 10.1. The van der Waals surface area contributed by atoms with E-state index in [1.54, 1.807) is 12.1 Å². The first-order valence-corrected chi connectivity index (χ1v) is 4.10. The fourth-order valence-electron chi connectivity index (χ4n) is 1.23. The molecule has 1 aliphatic rings. The minimum atomic E-state index is -0.345. The number of nitrogens with zero attached hydrogens (tertiary/aromatic N) is 1. The fourth-order valence-corrected chi connectivity index (χ4v) is 1.23. The molecule has 3 nitrogen and oxygen atoms in total. The maximum atomic E-state index is 11.7. The Hall–Kier alpha value is -1.64. The minimum Gasteiger partial charge on any atom is -0.481 e. The van der Waals surface area contributed by atoms with Gasteiger partial charge in [0.05, 0.1) is 0 Å². The molecule has 0 saturated carbocycles. The van der Waals surface area contributed by atoms with Gasteiger partial charge in [0.25, 0.3) is 0 Å². The minimum absolute atomic E-state index is 0.0225. The largest absolute Gasteiger partial charge is 0.481 e. The average molecular weight is 175 g/mol. The van der Waals surface area contributed by atoms with Gasteiger partial charge in [0, 0.05) is 5.56 Å². The Morgan fingerprint density at radius 3 is 2.77 bits per heavy atom. The number of carbonyl (C=O) groups is 1. The molecule has 13 heavy (non-hydrogen) atoms. The summed E-state index contributed by atoms with van der Waals surface area (Å²) in [7, 11) is 0. The van der Waals surface area contributed by atoms with Crippen LogP contribution in [0.4, 0.5) is 0 Å². The number of hydrogen-bond acceptors (Lipinski definition) is 3. The first-order valence-electron chi connectivity index (χ1n) is 4.10. The second kappa shape index (κ2) is 3.39. The lowest BCUT2D eigenvalue weighted by molar-refractivity contribution is 0.0948. The zero-order chi connectivity index (χ0) is 9.10. The molecule has 1 atom stereocenters. The molecule has 0 spiro atoms. The van der Waals surface area contributed by atoms with Gasteiger partial charge in [-0.2, -0.15) is 0 Å². The Balaban J connectivity index is 2.18. The third-order valence-electron chi connectivity index (χ3n) is 1.93. The van der Waals surface area contributed by atoms with Gasteiger partial charge in [0.2, 0.25) is 0 Å². The average Bonchev–Trinajstić information content (AvgIpc) is 2.71. The maximum Gasteiger partial charge on any atom is 0.190 e. The number of Topliss-reactive ketones (excluding diaryl/α,β-unsaturated/α-hetero) is 1. The summed E-state index contributed by atoms with van der Waals surface area (Å²) in [5.74, 6) is 0.0225. The molecule has 1 aromatic carbocycles. The van der Waals surface area contributed by atoms with Gasteiger partial charge >= 0.3 is 0 Å². The van der Waals surface area contributed by atoms with Crippen molar-refractivity contribution >= 4 is 12.2 Å². The molecule has 3 heteroatoms. The van der Waals surface area contributed by atoms with Crippen LogP contribution in [0.3, 0.4) is 0 Å². The van der Waals surface area contributed by atoms with Crippen molar-refractivity contribution in [2.75, 3.05) is 6.61 Å². The van der Waals surface area contributed by atoms with E-state index in [4.69, 9.17) is 4.74 Å². The van der Waals surface area contributed by atoms with Crippen molar-refractivity contribution < 1.29 is 9.53 Å². The van der Waals surface area contributed by atoms with E-state index in [0.29, 0.717) is 12.2 Å². The quantitative estimate of drug-likeness (QED) is 0.635. The Labute approximate surface area is 76.1 Å². The summed E-state index contributed by atoms with van der Waals surface area (Å²) in [4.78, 5) is 15.6. The van der Waals surface area contributed by atoms with Crippen LogP contribution in [0.5, 0.6) is 0 Å². The monoisotopic (exact) mass is 175 g/mol. The van der Waals surface area contributed by atoms with Gasteiger partial charge < -0.3 is 4.74 Å². The molecule has 1 aromatic rings. The van der Waals surface area contributed by atoms with Crippen LogP contribution in [0.2, 0.25) is 0 Å². The number of carbonyl (C=O) groups excluding carboxylic acids is 1. The number of ketones is 1. The van der Waals surface area contributed by atoms with E-state index in [-0.39, 0.29) is 11.8 Å². The normalized spacial score (nSPS) is 19.8. The van der Waals surface area contributed by atoms with Crippen LogP contribution in [0.25, 0.3) is 0 Å². The molecule has 66 valence electrons. The second-order valence-electron chi connectivity index (χ2n) is 2.83. The molecule has 0 fully saturated rings. The molecule has 0 radical (unpaired) electrons. The Morgan fingerprint density at radius 1 is 1.38 bits per heavy atom. The predicted octanol–water partition coefficient (Wildman–Crippen LogP) is 1.30. The molecular weight excluding hydrogens is 166 g/mol. The molecule has 0 saturated heterocycles. The zero-order valence-corrected chi connectivity index (χ0v) is 7.01. The first-order chi connectivity index (χ1) is 6.38. The summed E-state index contributed by atoms with van der Waals surface area (Å²) in [6, 6.07) is 8.79. The molecule has 1 heterocycles. The van der Waals surface area contributed by atoms with Crippen LogP contribution in [-0.2, 0) is 4.74 Å². The summed E-state index contributed by atoms with van der Waals surface area (Å²) in [5, 5.41) is 0. The van der Waals surface area contributed by atoms with Crippen molar-refractivity contribution in [3.05, 3.63) is 35.9 Å². The lowest BCUT2D eigenvalue weighted by Gasteiger charge is -2.03. The molecule has 0 aliphatic carbocycles. The Morgan fingerprint density at radius 2 is 2.15 bits per heavy atom. The third kappa shape index (κ3) is 1.59. The molecule has 0 aromatic heterocycles. The molecule has 1 unspecified atom stereocenters. The second-order valence-corrected chi connectivity index (χ2v) is 2.83. The SMILES string of the molecule is O=C(c1ccccc1)C1COC=N1. The van der Waals surface area contributed by atoms with Crippen LogP contribution < -0.4 is 0 Å². The van der Waals surface area contributed by atoms with Crippen LogP contribution >= 0.6 is 0 Å². The summed E-state index contributed by atoms with van der Waals surface area (Å²) >= 11 is 0. The number of hydrogen-bond donors (Lipinski definition) is 0. The highest BCUT2D eigenvalue weighted by Crippen LogP contribution is 2.08. The highest BCUT2D eigenvalue weighted by atomic mass is 16.5. The summed E-state index contributed by atoms with van der Waals surface area (Å²) in [5.41, 5.74) is 0.690. The van der Waals surface area contributed by atoms with Crippen molar-refractivity contribution in [3.8, 4) is 0 Å². The van der Waals surface area contributed by atoms with Crippen molar-refractivity contribution in [1.29, 1.82) is 0 Å². The van der Waals surface area contributed by atoms with Crippen molar-refractivity contribution in [1.82, 2.24) is 0 Å². The van der Waals surface area contributed by atoms with Crippen LogP contribution in [-0.4, -0.2) is 24.8 Å². The van der Waals surface area contributed by atoms with Crippen LogP contribution in [0.15, 0.2) is 35.3 Å². The molecule has 0 N–H and O–H groups in total. The van der Waals surface area contributed by atoms with Gasteiger partial charge in [0.1, 0.15) is 6.61 Å². The van der Waals surface area contributed by atoms with Crippen molar-refractivity contribution in [2.24, 2.45) is 4.99 Å². The number of rotatable bonds is 2. The van der Waals surface area contributed by atoms with Gasteiger partial charge in [-0.1, -0.05) is 30.3 Å². The van der Waals surface area contributed by atoms with Crippen LogP contribution in [0, 0.1) is 0 Å². The molecule has 1 aliphatic heterocycles. The molecule has 0 amide bonds. The lowest BCUT2D eigenvalue weighted by Crippen LogP contribution is -2.19. The van der Waals surface area contributed by atoms with E-state index >= 15 is 0 Å². The van der Waals surface area contributed by atoms with E-state index in [1.165, 1.54) is 6.40 Å². The van der Waals surface area contributed by atoms with Gasteiger partial charge in [-0.25, -0.2) is 4.99 Å². The zero-order valence-electron chi connectivity index (χ0n) is 7.01. The standard InChI is InChI=1S/C10H9NO2/c12-10(9-6-13-7-11-9)8-4-2-1-3-5-8/h1-5,7,9H,6H2. The van der Waals surface area contributed by atoms with Crippen molar-refractivity contribution in [3.63, 3.8) is 0 Å². The van der Waals surface area contributed by atoms with E-state index in [9.17, 15) is 4.79 Å². The third-order valence-corrected chi connectivity index (χ3v) is 1.93. The van der Waals surface area contributed by atoms with Gasteiger partial charge in [0.15, 0.2) is 18.2 Å². The fraction of sp³-hybridized carbons (Fsp3) is 0.200. The van der Waals surface area contributed by atoms with E-state index in [1.807, 2.05) is 18.2 Å². The highest BCUT2D eigenvalue weighted by molar-refractivity contribution is 6.01. The van der Waals surface area contributed by atoms with Crippen LogP contribution in [0.1, 0.15) is 10.4 Å². The summed E-state index contributed by atoms with van der Waals surface area (Å²) in [6.07, 6.45) is 1.34. The number of benzene rings is 1. The topological polar surface area (TPSA) is 38.7 Å². The number of ether oxygens (including phenoxy) is 1. The van der Waals surface area contributed by atoms with Gasteiger partial charge in [-0.15, -0.1) is 0 Å². The van der Waals surface area contributed by atoms with Crippen molar-refractivity contribution in [2.45, 2.75) is 6.04 Å². The molecule has 2 rings (SSSR count). The molecular formula is C10H9NO2. The Bertz CT molecular complexity index is 332. The smallest absolute Gasteiger partial charge is 0.190 e. The van der Waals surface area contributed by atoms with E-state index in [2.05, 4.69) is 4.99 Å². The first kappa shape index (κ1) is 7.98. The highest BCUT2D eigenvalue weighted by Gasteiger charge is 2.21. The summed E-state index contributed by atoms with van der Waals surface area (Å²) in [6.45, 7) is 0.369. The predicted molar refractivity (Wildman–Crippen MR) is 49.0 cm³/mol. The maximum absolute atomic E-state index is 11.7. The van der Waals surface area contributed by atoms with Gasteiger partial charge in [-0.05, 0) is 0 Å². The van der Waals surface area contributed by atoms with E-state index < -0.39 is 0 Å².